The van der Waals surface area contributed by atoms with E-state index in [1.807, 2.05) is 0 Å². The van der Waals surface area contributed by atoms with Gasteiger partial charge in [0.15, 0.2) is 0 Å². The average Bonchev–Trinajstić information content (AvgIpc) is 2.64. The summed E-state index contributed by atoms with van der Waals surface area (Å²) in [6.07, 6.45) is 19.6. The minimum atomic E-state index is -0.957. The standard InChI is InChI=1S/C22H44N2O3/c1-2-3-4-5-6-7-8-9-10-11-12-13-14-18-21(25)24-19-16-15-17-20(23)22(26)27/h20H,2-19,23H2,1H3,(H,24,25)(H,26,27)/t20-/m0/s1. The Morgan fingerprint density at radius 1 is 0.778 bits per heavy atom. The molecule has 0 rings (SSSR count). The number of hydrogen-bond acceptors (Lipinski definition) is 3. The molecule has 0 radical (unpaired) electrons. The average molecular weight is 385 g/mol. The second-order valence-electron chi connectivity index (χ2n) is 7.78. The maximum atomic E-state index is 11.7. The van der Waals surface area contributed by atoms with E-state index >= 15 is 0 Å². The van der Waals surface area contributed by atoms with Gasteiger partial charge in [-0.2, -0.15) is 0 Å². The molecule has 1 amide bonds. The third-order valence-corrected chi connectivity index (χ3v) is 5.09. The maximum Gasteiger partial charge on any atom is 0.320 e. The van der Waals surface area contributed by atoms with Gasteiger partial charge in [0.05, 0.1) is 0 Å². The molecule has 0 aromatic carbocycles. The van der Waals surface area contributed by atoms with E-state index in [4.69, 9.17) is 10.8 Å². The fourth-order valence-corrected chi connectivity index (χ4v) is 3.23. The Balaban J connectivity index is 3.22. The summed E-state index contributed by atoms with van der Waals surface area (Å²) < 4.78 is 0. The van der Waals surface area contributed by atoms with Crippen LogP contribution in [0.4, 0.5) is 0 Å². The Morgan fingerprint density at radius 3 is 1.74 bits per heavy atom. The SMILES string of the molecule is CCCCCCCCCCCCCCCC(=O)NCCCC[C@H](N)C(=O)O. The summed E-state index contributed by atoms with van der Waals surface area (Å²) in [6, 6.07) is -0.786. The van der Waals surface area contributed by atoms with Crippen LogP contribution in [-0.2, 0) is 9.59 Å². The topological polar surface area (TPSA) is 92.4 Å². The first-order valence-corrected chi connectivity index (χ1v) is 11.3. The molecule has 0 aliphatic heterocycles. The quantitative estimate of drug-likeness (QED) is 0.253. The van der Waals surface area contributed by atoms with Crippen molar-refractivity contribution in [3.8, 4) is 0 Å². The van der Waals surface area contributed by atoms with Crippen LogP contribution < -0.4 is 11.1 Å². The van der Waals surface area contributed by atoms with Crippen molar-refractivity contribution in [3.63, 3.8) is 0 Å². The Labute approximate surface area is 166 Å². The van der Waals surface area contributed by atoms with Gasteiger partial charge >= 0.3 is 5.97 Å². The van der Waals surface area contributed by atoms with Crippen LogP contribution >= 0.6 is 0 Å². The van der Waals surface area contributed by atoms with Crippen LogP contribution in [0, 0.1) is 0 Å². The second-order valence-corrected chi connectivity index (χ2v) is 7.78. The van der Waals surface area contributed by atoms with Crippen molar-refractivity contribution in [2.75, 3.05) is 6.54 Å². The molecule has 0 aromatic heterocycles. The number of nitrogens with two attached hydrogens (primary N) is 1. The summed E-state index contributed by atoms with van der Waals surface area (Å²) in [5, 5.41) is 11.6. The van der Waals surface area contributed by atoms with E-state index in [0.29, 0.717) is 19.4 Å². The van der Waals surface area contributed by atoms with Crippen LogP contribution in [-0.4, -0.2) is 29.6 Å². The number of hydrogen-bond donors (Lipinski definition) is 3. The predicted molar refractivity (Wildman–Crippen MR) is 113 cm³/mol. The van der Waals surface area contributed by atoms with Gasteiger partial charge in [0.2, 0.25) is 5.91 Å². The lowest BCUT2D eigenvalue weighted by molar-refractivity contribution is -0.138. The van der Waals surface area contributed by atoms with Gasteiger partial charge in [0, 0.05) is 13.0 Å². The Kier molecular flexibility index (Phi) is 18.9. The van der Waals surface area contributed by atoms with E-state index in [1.54, 1.807) is 0 Å². The summed E-state index contributed by atoms with van der Waals surface area (Å²) >= 11 is 0. The molecule has 5 nitrogen and oxygen atoms in total. The molecular weight excluding hydrogens is 340 g/mol. The van der Waals surface area contributed by atoms with Gasteiger partial charge in [-0.3, -0.25) is 9.59 Å². The highest BCUT2D eigenvalue weighted by molar-refractivity contribution is 5.75. The van der Waals surface area contributed by atoms with Gasteiger partial charge in [-0.25, -0.2) is 0 Å². The molecule has 160 valence electrons. The number of carbonyl (C=O) groups excluding carboxylic acids is 1. The number of carboxylic acids is 1. The zero-order valence-electron chi connectivity index (χ0n) is 17.6. The van der Waals surface area contributed by atoms with Gasteiger partial charge in [0.25, 0.3) is 0 Å². The molecule has 1 atom stereocenters. The van der Waals surface area contributed by atoms with Crippen molar-refractivity contribution in [1.82, 2.24) is 5.32 Å². The van der Waals surface area contributed by atoms with Gasteiger partial charge < -0.3 is 16.2 Å². The number of carbonyl (C=O) groups is 2. The number of carboxylic acid groups (broad SMARTS) is 1. The molecule has 4 N–H and O–H groups in total. The molecule has 0 spiro atoms. The molecule has 0 aromatic rings. The molecular formula is C22H44N2O3. The van der Waals surface area contributed by atoms with Crippen LogP contribution in [0.3, 0.4) is 0 Å². The van der Waals surface area contributed by atoms with E-state index in [-0.39, 0.29) is 5.91 Å². The van der Waals surface area contributed by atoms with E-state index in [1.165, 1.54) is 70.6 Å². The molecule has 0 unspecified atom stereocenters. The van der Waals surface area contributed by atoms with Crippen molar-refractivity contribution < 1.29 is 14.7 Å². The number of aliphatic carboxylic acids is 1. The van der Waals surface area contributed by atoms with Crippen LogP contribution in [0.2, 0.25) is 0 Å². The number of rotatable bonds is 20. The fourth-order valence-electron chi connectivity index (χ4n) is 3.23. The summed E-state index contributed by atoms with van der Waals surface area (Å²) in [5.41, 5.74) is 5.43. The highest BCUT2D eigenvalue weighted by Crippen LogP contribution is 2.12. The van der Waals surface area contributed by atoms with Gasteiger partial charge in [-0.05, 0) is 25.7 Å². The normalized spacial score (nSPS) is 12.1. The molecule has 0 bridgehead atoms. The van der Waals surface area contributed by atoms with Crippen LogP contribution in [0.25, 0.3) is 0 Å². The highest BCUT2D eigenvalue weighted by Gasteiger charge is 2.10. The minimum Gasteiger partial charge on any atom is -0.480 e. The van der Waals surface area contributed by atoms with E-state index in [0.717, 1.165) is 25.7 Å². The minimum absolute atomic E-state index is 0.112. The molecule has 0 aliphatic rings. The van der Waals surface area contributed by atoms with Gasteiger partial charge in [-0.15, -0.1) is 0 Å². The fraction of sp³-hybridized carbons (Fsp3) is 0.909. The Hall–Kier alpha value is -1.10. The van der Waals surface area contributed by atoms with Crippen molar-refractivity contribution in [2.45, 2.75) is 122 Å². The third-order valence-electron chi connectivity index (χ3n) is 5.09. The van der Waals surface area contributed by atoms with Crippen molar-refractivity contribution in [2.24, 2.45) is 5.73 Å². The third kappa shape index (κ3) is 19.5. The molecule has 0 saturated heterocycles. The second kappa shape index (κ2) is 19.7. The van der Waals surface area contributed by atoms with Crippen LogP contribution in [0.1, 0.15) is 116 Å². The molecule has 5 heteroatoms. The lowest BCUT2D eigenvalue weighted by Crippen LogP contribution is -2.30. The zero-order chi connectivity index (χ0) is 20.2. The van der Waals surface area contributed by atoms with Crippen molar-refractivity contribution in [3.05, 3.63) is 0 Å². The Bertz CT molecular complexity index is 361. The molecule has 0 fully saturated rings. The lowest BCUT2D eigenvalue weighted by atomic mass is 10.0. The first-order chi connectivity index (χ1) is 13.1. The van der Waals surface area contributed by atoms with E-state index in [9.17, 15) is 9.59 Å². The predicted octanol–water partition coefficient (Wildman–Crippen LogP) is 5.17. The summed E-state index contributed by atoms with van der Waals surface area (Å²) in [5.74, 6) is -0.845. The number of amides is 1. The zero-order valence-corrected chi connectivity index (χ0v) is 17.6. The smallest absolute Gasteiger partial charge is 0.320 e. The molecule has 0 aliphatic carbocycles. The monoisotopic (exact) mass is 384 g/mol. The van der Waals surface area contributed by atoms with Gasteiger partial charge in [0.1, 0.15) is 6.04 Å². The van der Waals surface area contributed by atoms with Crippen molar-refractivity contribution in [1.29, 1.82) is 0 Å². The van der Waals surface area contributed by atoms with E-state index < -0.39 is 12.0 Å². The first-order valence-electron chi connectivity index (χ1n) is 11.3. The van der Waals surface area contributed by atoms with E-state index in [2.05, 4.69) is 12.2 Å². The summed E-state index contributed by atoms with van der Waals surface area (Å²) in [4.78, 5) is 22.3. The van der Waals surface area contributed by atoms with Crippen molar-refractivity contribution >= 4 is 11.9 Å². The summed E-state index contributed by atoms with van der Waals surface area (Å²) in [6.45, 7) is 2.88. The molecule has 0 saturated carbocycles. The largest absolute Gasteiger partial charge is 0.480 e. The number of nitrogens with one attached hydrogen (secondary N) is 1. The van der Waals surface area contributed by atoms with Crippen LogP contribution in [0.15, 0.2) is 0 Å². The first kappa shape index (κ1) is 25.9. The lowest BCUT2D eigenvalue weighted by Gasteiger charge is -2.07. The van der Waals surface area contributed by atoms with Crippen LogP contribution in [0.5, 0.6) is 0 Å². The van der Waals surface area contributed by atoms with Gasteiger partial charge in [-0.1, -0.05) is 84.0 Å². The molecule has 0 heterocycles. The highest BCUT2D eigenvalue weighted by atomic mass is 16.4. The summed E-state index contributed by atoms with van der Waals surface area (Å²) in [7, 11) is 0. The maximum absolute atomic E-state index is 11.7. The molecule has 27 heavy (non-hydrogen) atoms. The number of unbranched alkanes of at least 4 members (excludes halogenated alkanes) is 13. The Morgan fingerprint density at radius 2 is 1.26 bits per heavy atom.